The molecule has 2 N–H and O–H groups in total. The smallest absolute Gasteiger partial charge is 0.240 e. The number of nitrogens with one attached hydrogen (secondary N) is 2. The third kappa shape index (κ3) is 3.96. The zero-order chi connectivity index (χ0) is 17.2. The molecular formula is C17H25N3O3S. The van der Waals surface area contributed by atoms with Crippen LogP contribution in [-0.2, 0) is 14.8 Å². The van der Waals surface area contributed by atoms with Gasteiger partial charge in [0.25, 0.3) is 0 Å². The van der Waals surface area contributed by atoms with Crippen LogP contribution < -0.4 is 10.0 Å². The molecule has 6 nitrogen and oxygen atoms in total. The molecule has 2 saturated heterocycles. The van der Waals surface area contributed by atoms with Crippen molar-refractivity contribution in [2.24, 2.45) is 0 Å². The molecule has 1 amide bonds. The summed E-state index contributed by atoms with van der Waals surface area (Å²) >= 11 is 0. The fraction of sp³-hybridized carbons (Fsp3) is 0.588. The zero-order valence-electron chi connectivity index (χ0n) is 13.9. The van der Waals surface area contributed by atoms with Crippen LogP contribution in [0.5, 0.6) is 0 Å². The molecule has 0 spiro atoms. The van der Waals surface area contributed by atoms with Gasteiger partial charge in [-0.25, -0.2) is 13.1 Å². The molecule has 3 rings (SSSR count). The second-order valence-corrected chi connectivity index (χ2v) is 8.50. The molecule has 2 unspecified atom stereocenters. The quantitative estimate of drug-likeness (QED) is 0.804. The molecule has 132 valence electrons. The average molecular weight is 351 g/mol. The van der Waals surface area contributed by atoms with Crippen LogP contribution >= 0.6 is 0 Å². The van der Waals surface area contributed by atoms with E-state index in [4.69, 9.17) is 0 Å². The molecule has 1 aromatic rings. The van der Waals surface area contributed by atoms with Gasteiger partial charge in [0.2, 0.25) is 15.9 Å². The molecule has 2 fully saturated rings. The van der Waals surface area contributed by atoms with Crippen LogP contribution in [-0.4, -0.2) is 50.9 Å². The second kappa shape index (κ2) is 7.21. The van der Waals surface area contributed by atoms with Crippen molar-refractivity contribution in [1.29, 1.82) is 0 Å². The first kappa shape index (κ1) is 17.4. The van der Waals surface area contributed by atoms with Crippen molar-refractivity contribution < 1.29 is 13.2 Å². The molecule has 0 radical (unpaired) electrons. The Hall–Kier alpha value is -1.44. The minimum Gasteiger partial charge on any atom is -0.343 e. The Balaban J connectivity index is 1.49. The lowest BCUT2D eigenvalue weighted by Gasteiger charge is -2.35. The van der Waals surface area contributed by atoms with Crippen LogP contribution in [0.3, 0.4) is 0 Å². The van der Waals surface area contributed by atoms with Gasteiger partial charge in [-0.1, -0.05) is 18.2 Å². The predicted octanol–water partition coefficient (Wildman–Crippen LogP) is 1.10. The first-order valence-corrected chi connectivity index (χ1v) is 10.0. The fourth-order valence-electron chi connectivity index (χ4n) is 3.70. The number of carbonyl (C=O) groups is 1. The average Bonchev–Trinajstić information content (AvgIpc) is 2.92. The minimum atomic E-state index is -3.54. The Bertz CT molecular complexity index is 666. The predicted molar refractivity (Wildman–Crippen MR) is 92.0 cm³/mol. The Labute approximate surface area is 143 Å². The third-order valence-corrected chi connectivity index (χ3v) is 6.55. The Morgan fingerprint density at radius 2 is 1.83 bits per heavy atom. The number of benzene rings is 1. The number of sulfonamides is 1. The van der Waals surface area contributed by atoms with Crippen LogP contribution in [0.15, 0.2) is 35.2 Å². The van der Waals surface area contributed by atoms with Crippen molar-refractivity contribution >= 4 is 15.9 Å². The van der Waals surface area contributed by atoms with Crippen molar-refractivity contribution in [2.45, 2.75) is 55.1 Å². The molecular weight excluding hydrogens is 326 g/mol. The summed E-state index contributed by atoms with van der Waals surface area (Å²) in [6, 6.07) is 9.53. The Kier molecular flexibility index (Phi) is 5.22. The van der Waals surface area contributed by atoms with Gasteiger partial charge in [0.15, 0.2) is 0 Å². The largest absolute Gasteiger partial charge is 0.343 e. The summed E-state index contributed by atoms with van der Waals surface area (Å²) in [5.74, 6) is -0.00272. The van der Waals surface area contributed by atoms with Crippen molar-refractivity contribution in [1.82, 2.24) is 14.9 Å². The molecule has 0 saturated carbocycles. The first-order chi connectivity index (χ1) is 11.5. The van der Waals surface area contributed by atoms with Crippen LogP contribution in [0.1, 0.15) is 32.1 Å². The summed E-state index contributed by atoms with van der Waals surface area (Å²) in [5, 5.41) is 3.57. The van der Waals surface area contributed by atoms with Gasteiger partial charge in [-0.05, 0) is 37.8 Å². The lowest BCUT2D eigenvalue weighted by atomic mass is 9.98. The van der Waals surface area contributed by atoms with E-state index < -0.39 is 10.0 Å². The van der Waals surface area contributed by atoms with Crippen LogP contribution in [0.25, 0.3) is 0 Å². The van der Waals surface area contributed by atoms with Crippen LogP contribution in [0, 0.1) is 0 Å². The van der Waals surface area contributed by atoms with Crippen LogP contribution in [0.2, 0.25) is 0 Å². The number of fused-ring (bicyclic) bond motifs is 2. The second-order valence-electron chi connectivity index (χ2n) is 6.73. The van der Waals surface area contributed by atoms with E-state index in [1.807, 2.05) is 11.9 Å². The van der Waals surface area contributed by atoms with Gasteiger partial charge < -0.3 is 10.2 Å². The summed E-state index contributed by atoms with van der Waals surface area (Å²) in [5.41, 5.74) is 0. The normalized spacial score (nSPS) is 26.3. The number of hydrogen-bond donors (Lipinski definition) is 2. The van der Waals surface area contributed by atoms with E-state index in [1.54, 1.807) is 30.3 Å². The van der Waals surface area contributed by atoms with Crippen molar-refractivity contribution in [3.05, 3.63) is 30.3 Å². The van der Waals surface area contributed by atoms with Gasteiger partial charge >= 0.3 is 0 Å². The number of carbonyl (C=O) groups excluding carboxylic acids is 1. The number of rotatable bonds is 6. The number of hydrogen-bond acceptors (Lipinski definition) is 4. The summed E-state index contributed by atoms with van der Waals surface area (Å²) in [6.45, 7) is 0.123. The van der Waals surface area contributed by atoms with Gasteiger partial charge in [0, 0.05) is 38.1 Å². The highest BCUT2D eigenvalue weighted by atomic mass is 32.2. The molecule has 0 aliphatic carbocycles. The number of amides is 1. The molecule has 7 heteroatoms. The lowest BCUT2D eigenvalue weighted by Crippen LogP contribution is -2.49. The Morgan fingerprint density at radius 1 is 1.21 bits per heavy atom. The van der Waals surface area contributed by atoms with Crippen molar-refractivity contribution in [3.8, 4) is 0 Å². The SMILES string of the molecule is CN(C(=O)CCNS(=O)(=O)c1ccccc1)C1CC2CCC(C1)N2. The van der Waals surface area contributed by atoms with E-state index in [0.717, 1.165) is 12.8 Å². The van der Waals surface area contributed by atoms with E-state index in [1.165, 1.54) is 12.8 Å². The van der Waals surface area contributed by atoms with Gasteiger partial charge in [0.1, 0.15) is 0 Å². The fourth-order valence-corrected chi connectivity index (χ4v) is 4.75. The molecule has 2 heterocycles. The highest BCUT2D eigenvalue weighted by molar-refractivity contribution is 7.89. The first-order valence-electron chi connectivity index (χ1n) is 8.52. The van der Waals surface area contributed by atoms with E-state index in [9.17, 15) is 13.2 Å². The molecule has 1 aromatic carbocycles. The molecule has 24 heavy (non-hydrogen) atoms. The highest BCUT2D eigenvalue weighted by Crippen LogP contribution is 2.29. The van der Waals surface area contributed by atoms with Crippen molar-refractivity contribution in [3.63, 3.8) is 0 Å². The van der Waals surface area contributed by atoms with Crippen molar-refractivity contribution in [2.75, 3.05) is 13.6 Å². The molecule has 2 aliphatic rings. The maximum Gasteiger partial charge on any atom is 0.240 e. The summed E-state index contributed by atoms with van der Waals surface area (Å²) < 4.78 is 26.8. The number of piperidine rings is 1. The van der Waals surface area contributed by atoms with Gasteiger partial charge in [-0.3, -0.25) is 4.79 Å². The molecule has 2 atom stereocenters. The van der Waals surface area contributed by atoms with E-state index in [2.05, 4.69) is 10.0 Å². The molecule has 2 aliphatic heterocycles. The zero-order valence-corrected chi connectivity index (χ0v) is 14.8. The summed E-state index contributed by atoms with van der Waals surface area (Å²) in [7, 11) is -1.71. The van der Waals surface area contributed by atoms with Gasteiger partial charge in [-0.15, -0.1) is 0 Å². The molecule has 0 aromatic heterocycles. The highest BCUT2D eigenvalue weighted by Gasteiger charge is 2.36. The van der Waals surface area contributed by atoms with E-state index in [-0.39, 0.29) is 29.8 Å². The maximum absolute atomic E-state index is 12.4. The standard InChI is InChI=1S/C17H25N3O3S/c1-20(15-11-13-7-8-14(12-15)19-13)17(21)9-10-18-24(22,23)16-5-3-2-4-6-16/h2-6,13-15,18-19H,7-12H2,1H3. The molecule has 2 bridgehead atoms. The Morgan fingerprint density at radius 3 is 2.46 bits per heavy atom. The van der Waals surface area contributed by atoms with Crippen LogP contribution in [0.4, 0.5) is 0 Å². The van der Waals surface area contributed by atoms with E-state index >= 15 is 0 Å². The summed E-state index contributed by atoms with van der Waals surface area (Å²) in [6.07, 6.45) is 4.56. The number of nitrogens with zero attached hydrogens (tertiary/aromatic N) is 1. The summed E-state index contributed by atoms with van der Waals surface area (Å²) in [4.78, 5) is 14.4. The third-order valence-electron chi connectivity index (χ3n) is 5.07. The monoisotopic (exact) mass is 351 g/mol. The van der Waals surface area contributed by atoms with E-state index in [0.29, 0.717) is 12.1 Å². The van der Waals surface area contributed by atoms with Gasteiger partial charge in [-0.2, -0.15) is 0 Å². The van der Waals surface area contributed by atoms with Gasteiger partial charge in [0.05, 0.1) is 4.90 Å². The minimum absolute atomic E-state index is 0.00272. The topological polar surface area (TPSA) is 78.5 Å². The maximum atomic E-state index is 12.4. The lowest BCUT2D eigenvalue weighted by molar-refractivity contribution is -0.132.